The molecule has 0 aliphatic carbocycles. The molecule has 2 aromatic carbocycles. The second-order valence-electron chi connectivity index (χ2n) is 6.83. The Kier molecular flexibility index (Phi) is 7.34. The highest BCUT2D eigenvalue weighted by Crippen LogP contribution is 2.35. The average Bonchev–Trinajstić information content (AvgIpc) is 2.73. The average molecular weight is 504 g/mol. The lowest BCUT2D eigenvalue weighted by molar-refractivity contribution is -0.189. The summed E-state index contributed by atoms with van der Waals surface area (Å²) in [6.45, 7) is 2.66. The zero-order valence-electron chi connectivity index (χ0n) is 17.0. The summed E-state index contributed by atoms with van der Waals surface area (Å²) in [5, 5.41) is -0.395. The van der Waals surface area contributed by atoms with Crippen molar-refractivity contribution < 1.29 is 36.6 Å². The number of carbonyl (C=O) groups excluding carboxylic acids is 1. The molecular weight excluding hydrogens is 489 g/mol. The number of benzene rings is 2. The molecule has 1 aromatic heterocycles. The first-order chi connectivity index (χ1) is 15.4. The van der Waals surface area contributed by atoms with E-state index in [1.807, 2.05) is 6.92 Å². The third-order valence-corrected chi connectivity index (χ3v) is 4.80. The standard InChI is InChI=1S/C22H15Cl2F4NO4/c1-11-3-5-13(6-4-11)33-21(30)15-8-16(23)19(9-18(15)25)32-14-7-17(24)20(29-10-14)31-12(2)22(26,27)28/h3-10,12H,1-2H3. The molecule has 0 amide bonds. The van der Waals surface area contributed by atoms with E-state index < -0.39 is 35.5 Å². The minimum atomic E-state index is -4.60. The number of hydrogen-bond donors (Lipinski definition) is 0. The molecule has 5 nitrogen and oxygen atoms in total. The minimum absolute atomic E-state index is 0.0525. The van der Waals surface area contributed by atoms with E-state index in [0.717, 1.165) is 36.9 Å². The summed E-state index contributed by atoms with van der Waals surface area (Å²) in [7, 11) is 0. The lowest BCUT2D eigenvalue weighted by Gasteiger charge is -2.17. The first-order valence-corrected chi connectivity index (χ1v) is 10.0. The predicted molar refractivity (Wildman–Crippen MR) is 113 cm³/mol. The molecule has 0 spiro atoms. The molecule has 0 saturated heterocycles. The van der Waals surface area contributed by atoms with Crippen LogP contribution >= 0.6 is 23.2 Å². The van der Waals surface area contributed by atoms with Gasteiger partial charge < -0.3 is 14.2 Å². The number of alkyl halides is 3. The van der Waals surface area contributed by atoms with Crippen molar-refractivity contribution in [2.24, 2.45) is 0 Å². The zero-order valence-corrected chi connectivity index (χ0v) is 18.6. The highest BCUT2D eigenvalue weighted by molar-refractivity contribution is 6.32. The van der Waals surface area contributed by atoms with E-state index in [9.17, 15) is 22.4 Å². The lowest BCUT2D eigenvalue weighted by Crippen LogP contribution is -2.31. The van der Waals surface area contributed by atoms with Crippen molar-refractivity contribution in [2.45, 2.75) is 26.1 Å². The van der Waals surface area contributed by atoms with E-state index in [0.29, 0.717) is 0 Å². The number of carbonyl (C=O) groups is 1. The van der Waals surface area contributed by atoms with E-state index in [-0.39, 0.29) is 27.3 Å². The van der Waals surface area contributed by atoms with Crippen LogP contribution in [-0.2, 0) is 0 Å². The molecule has 33 heavy (non-hydrogen) atoms. The molecule has 0 bridgehead atoms. The van der Waals surface area contributed by atoms with E-state index in [1.165, 1.54) is 0 Å². The molecule has 0 aliphatic heterocycles. The molecule has 0 radical (unpaired) electrons. The SMILES string of the molecule is Cc1ccc(OC(=O)c2cc(Cl)c(Oc3cnc(OC(C)C(F)(F)F)c(Cl)c3)cc2F)cc1. The largest absolute Gasteiger partial charge is 0.464 e. The highest BCUT2D eigenvalue weighted by atomic mass is 35.5. The maximum Gasteiger partial charge on any atom is 0.425 e. The number of esters is 1. The first-order valence-electron chi connectivity index (χ1n) is 9.28. The van der Waals surface area contributed by atoms with Crippen molar-refractivity contribution in [3.05, 3.63) is 75.7 Å². The molecule has 0 fully saturated rings. The Labute approximate surface area is 195 Å². The smallest absolute Gasteiger partial charge is 0.425 e. The second kappa shape index (κ2) is 9.84. The van der Waals surface area contributed by atoms with Gasteiger partial charge in [0.2, 0.25) is 5.88 Å². The van der Waals surface area contributed by atoms with Crippen LogP contribution in [0.4, 0.5) is 17.6 Å². The molecule has 11 heteroatoms. The van der Waals surface area contributed by atoms with Crippen molar-refractivity contribution in [3.8, 4) is 23.1 Å². The number of rotatable bonds is 6. The van der Waals surface area contributed by atoms with Crippen LogP contribution in [0.5, 0.6) is 23.1 Å². The van der Waals surface area contributed by atoms with Gasteiger partial charge in [0.15, 0.2) is 6.10 Å². The second-order valence-corrected chi connectivity index (χ2v) is 7.64. The van der Waals surface area contributed by atoms with Gasteiger partial charge in [0.25, 0.3) is 0 Å². The summed E-state index contributed by atoms with van der Waals surface area (Å²) >= 11 is 12.0. The van der Waals surface area contributed by atoms with Crippen LogP contribution in [0, 0.1) is 12.7 Å². The van der Waals surface area contributed by atoms with Crippen LogP contribution in [0.2, 0.25) is 10.0 Å². The van der Waals surface area contributed by atoms with E-state index in [2.05, 4.69) is 4.98 Å². The van der Waals surface area contributed by atoms with Crippen LogP contribution in [-0.4, -0.2) is 23.2 Å². The maximum absolute atomic E-state index is 14.5. The van der Waals surface area contributed by atoms with E-state index >= 15 is 0 Å². The number of hydrogen-bond acceptors (Lipinski definition) is 5. The number of pyridine rings is 1. The van der Waals surface area contributed by atoms with Crippen LogP contribution in [0.25, 0.3) is 0 Å². The van der Waals surface area contributed by atoms with Gasteiger partial charge in [-0.25, -0.2) is 14.2 Å². The Morgan fingerprint density at radius 1 is 1.03 bits per heavy atom. The fraction of sp³-hybridized carbons (Fsp3) is 0.182. The van der Waals surface area contributed by atoms with E-state index in [4.69, 9.17) is 37.4 Å². The normalized spacial score (nSPS) is 12.2. The number of ether oxygens (including phenoxy) is 3. The summed E-state index contributed by atoms with van der Waals surface area (Å²) < 4.78 is 67.7. The Bertz CT molecular complexity index is 1170. The van der Waals surface area contributed by atoms with Gasteiger partial charge in [-0.2, -0.15) is 13.2 Å². The Morgan fingerprint density at radius 2 is 1.70 bits per heavy atom. The number of aryl methyl sites for hydroxylation is 1. The highest BCUT2D eigenvalue weighted by Gasteiger charge is 2.38. The monoisotopic (exact) mass is 503 g/mol. The lowest BCUT2D eigenvalue weighted by atomic mass is 10.2. The Hall–Kier alpha value is -3.04. The van der Waals surface area contributed by atoms with Gasteiger partial charge in [0, 0.05) is 12.1 Å². The summed E-state index contributed by atoms with van der Waals surface area (Å²) in [5.74, 6) is -2.40. The predicted octanol–water partition coefficient (Wildman–Crippen LogP) is 7.18. The number of nitrogens with zero attached hydrogens (tertiary/aromatic N) is 1. The van der Waals surface area contributed by atoms with E-state index in [1.54, 1.807) is 24.3 Å². The molecule has 1 atom stereocenters. The summed E-state index contributed by atoms with van der Waals surface area (Å²) in [5.41, 5.74) is 0.531. The van der Waals surface area contributed by atoms with Gasteiger partial charge >= 0.3 is 12.1 Å². The minimum Gasteiger partial charge on any atom is -0.464 e. The van der Waals surface area contributed by atoms with Gasteiger partial charge in [-0.05, 0) is 32.0 Å². The fourth-order valence-electron chi connectivity index (χ4n) is 2.44. The van der Waals surface area contributed by atoms with Crippen molar-refractivity contribution in [1.82, 2.24) is 4.98 Å². The summed E-state index contributed by atoms with van der Waals surface area (Å²) in [4.78, 5) is 16.0. The third kappa shape index (κ3) is 6.27. The maximum atomic E-state index is 14.5. The zero-order chi connectivity index (χ0) is 24.3. The molecule has 1 unspecified atom stereocenters. The molecular formula is C22H15Cl2F4NO4. The molecule has 0 aliphatic rings. The van der Waals surface area contributed by atoms with Crippen LogP contribution in [0.15, 0.2) is 48.7 Å². The van der Waals surface area contributed by atoms with Crippen molar-refractivity contribution in [3.63, 3.8) is 0 Å². The quantitative estimate of drug-likeness (QED) is 0.202. The van der Waals surface area contributed by atoms with Crippen LogP contribution in [0.1, 0.15) is 22.8 Å². The first kappa shape index (κ1) is 24.6. The summed E-state index contributed by atoms with van der Waals surface area (Å²) in [6.07, 6.45) is -5.71. The third-order valence-electron chi connectivity index (χ3n) is 4.23. The Morgan fingerprint density at radius 3 is 2.30 bits per heavy atom. The molecule has 0 N–H and O–H groups in total. The van der Waals surface area contributed by atoms with Crippen LogP contribution in [0.3, 0.4) is 0 Å². The summed E-state index contributed by atoms with van der Waals surface area (Å²) in [6, 6.07) is 9.58. The van der Waals surface area contributed by atoms with Gasteiger partial charge in [0.05, 0.1) is 16.8 Å². The van der Waals surface area contributed by atoms with Gasteiger partial charge in [-0.3, -0.25) is 0 Å². The Balaban J connectivity index is 1.75. The van der Waals surface area contributed by atoms with Crippen LogP contribution < -0.4 is 14.2 Å². The van der Waals surface area contributed by atoms with Crippen molar-refractivity contribution in [1.29, 1.82) is 0 Å². The van der Waals surface area contributed by atoms with Crippen molar-refractivity contribution in [2.75, 3.05) is 0 Å². The molecule has 174 valence electrons. The molecule has 0 saturated carbocycles. The van der Waals surface area contributed by atoms with Gasteiger partial charge in [-0.15, -0.1) is 0 Å². The molecule has 3 aromatic rings. The molecule has 3 rings (SSSR count). The number of aromatic nitrogens is 1. The van der Waals surface area contributed by atoms with Crippen molar-refractivity contribution >= 4 is 29.2 Å². The number of halogens is 6. The molecule has 1 heterocycles. The van der Waals surface area contributed by atoms with Gasteiger partial charge in [0.1, 0.15) is 28.1 Å². The fourth-order valence-corrected chi connectivity index (χ4v) is 2.85. The van der Waals surface area contributed by atoms with Gasteiger partial charge in [-0.1, -0.05) is 40.9 Å². The topological polar surface area (TPSA) is 57.7 Å².